The number of carbonyl (C=O) groups excluding carboxylic acids is 2. The van der Waals surface area contributed by atoms with Crippen molar-refractivity contribution in [2.75, 3.05) is 12.4 Å². The highest BCUT2D eigenvalue weighted by molar-refractivity contribution is 7.17. The predicted octanol–water partition coefficient (Wildman–Crippen LogP) is 5.10. The molecule has 0 bridgehead atoms. The number of carbonyl (C=O) groups is 2. The highest BCUT2D eigenvalue weighted by Gasteiger charge is 2.28. The van der Waals surface area contributed by atoms with E-state index >= 15 is 0 Å². The lowest BCUT2D eigenvalue weighted by molar-refractivity contribution is -0.111. The Morgan fingerprint density at radius 1 is 1.41 bits per heavy atom. The second-order valence-electron chi connectivity index (χ2n) is 6.51. The van der Waals surface area contributed by atoms with Crippen molar-refractivity contribution in [2.24, 2.45) is 5.92 Å². The van der Waals surface area contributed by atoms with Crippen molar-refractivity contribution in [1.29, 1.82) is 0 Å². The van der Waals surface area contributed by atoms with E-state index in [2.05, 4.69) is 12.2 Å². The van der Waals surface area contributed by atoms with Gasteiger partial charge < -0.3 is 10.1 Å². The van der Waals surface area contributed by atoms with E-state index in [0.717, 1.165) is 29.7 Å². The van der Waals surface area contributed by atoms with Gasteiger partial charge in [-0.15, -0.1) is 11.3 Å². The lowest BCUT2D eigenvalue weighted by atomic mass is 9.88. The summed E-state index contributed by atoms with van der Waals surface area (Å²) in [4.78, 5) is 25.7. The standard InChI is InChI=1S/C20H19ClFNO3S/c1-11-6-7-13-16(10-11)27-19(18(13)20(25)26-2)23-17(24)9-8-12-14(21)4-3-5-15(12)22/h3-5,8-9,11H,6-7,10H2,1-2H3,(H,23,24)/b9-8+. The number of methoxy groups -OCH3 is 1. The van der Waals surface area contributed by atoms with Gasteiger partial charge in [-0.05, 0) is 49.0 Å². The van der Waals surface area contributed by atoms with E-state index in [1.54, 1.807) is 6.07 Å². The molecule has 0 radical (unpaired) electrons. The van der Waals surface area contributed by atoms with E-state index in [1.807, 2.05) is 0 Å². The van der Waals surface area contributed by atoms with E-state index in [1.165, 1.54) is 42.7 Å². The number of rotatable bonds is 4. The van der Waals surface area contributed by atoms with Crippen LogP contribution >= 0.6 is 22.9 Å². The maximum atomic E-state index is 13.8. The molecule has 3 rings (SSSR count). The zero-order valence-electron chi connectivity index (χ0n) is 15.0. The van der Waals surface area contributed by atoms with Crippen molar-refractivity contribution in [3.8, 4) is 0 Å². The van der Waals surface area contributed by atoms with Crippen LogP contribution in [0.15, 0.2) is 24.3 Å². The molecular weight excluding hydrogens is 389 g/mol. The highest BCUT2D eigenvalue weighted by atomic mass is 35.5. The van der Waals surface area contributed by atoms with Crippen LogP contribution < -0.4 is 5.32 Å². The van der Waals surface area contributed by atoms with Gasteiger partial charge in [0.25, 0.3) is 0 Å². The van der Waals surface area contributed by atoms with E-state index in [4.69, 9.17) is 16.3 Å². The second kappa shape index (κ2) is 8.23. The van der Waals surface area contributed by atoms with Crippen LogP contribution in [0.25, 0.3) is 6.08 Å². The lowest BCUT2D eigenvalue weighted by Gasteiger charge is -2.18. The van der Waals surface area contributed by atoms with Crippen LogP contribution in [0.3, 0.4) is 0 Å². The summed E-state index contributed by atoms with van der Waals surface area (Å²) >= 11 is 7.36. The van der Waals surface area contributed by atoms with Gasteiger partial charge in [-0.2, -0.15) is 0 Å². The first-order chi connectivity index (χ1) is 12.9. The molecule has 7 heteroatoms. The van der Waals surface area contributed by atoms with Crippen molar-refractivity contribution in [3.63, 3.8) is 0 Å². The minimum absolute atomic E-state index is 0.141. The Bertz CT molecular complexity index is 902. The molecule has 1 amide bonds. The summed E-state index contributed by atoms with van der Waals surface area (Å²) in [5, 5.41) is 3.42. The van der Waals surface area contributed by atoms with E-state index < -0.39 is 17.7 Å². The average molecular weight is 408 g/mol. The minimum atomic E-state index is -0.512. The predicted molar refractivity (Wildman–Crippen MR) is 106 cm³/mol. The van der Waals surface area contributed by atoms with E-state index in [9.17, 15) is 14.0 Å². The molecular formula is C20H19ClFNO3S. The average Bonchev–Trinajstić information content (AvgIpc) is 2.97. The largest absolute Gasteiger partial charge is 0.465 e. The van der Waals surface area contributed by atoms with Crippen LogP contribution in [0.5, 0.6) is 0 Å². The van der Waals surface area contributed by atoms with Gasteiger partial charge in [-0.1, -0.05) is 24.6 Å². The maximum Gasteiger partial charge on any atom is 0.341 e. The molecule has 1 heterocycles. The number of ether oxygens (including phenoxy) is 1. The molecule has 0 saturated carbocycles. The molecule has 0 fully saturated rings. The number of halogens is 2. The van der Waals surface area contributed by atoms with E-state index in [-0.39, 0.29) is 10.6 Å². The van der Waals surface area contributed by atoms with Crippen molar-refractivity contribution in [1.82, 2.24) is 0 Å². The van der Waals surface area contributed by atoms with Crippen LogP contribution in [-0.2, 0) is 22.4 Å². The third-order valence-electron chi connectivity index (χ3n) is 4.54. The summed E-state index contributed by atoms with van der Waals surface area (Å²) in [6.45, 7) is 2.17. The fourth-order valence-corrected chi connectivity index (χ4v) is 4.77. The Balaban J connectivity index is 1.85. The van der Waals surface area contributed by atoms with E-state index in [0.29, 0.717) is 16.5 Å². The Morgan fingerprint density at radius 3 is 2.89 bits per heavy atom. The number of fused-ring (bicyclic) bond motifs is 1. The molecule has 2 aromatic rings. The minimum Gasteiger partial charge on any atom is -0.465 e. The molecule has 0 aliphatic heterocycles. The van der Waals surface area contributed by atoms with Gasteiger partial charge >= 0.3 is 5.97 Å². The first kappa shape index (κ1) is 19.6. The van der Waals surface area contributed by atoms with Crippen LogP contribution in [-0.4, -0.2) is 19.0 Å². The number of nitrogens with one attached hydrogen (secondary N) is 1. The molecule has 1 aromatic carbocycles. The maximum absolute atomic E-state index is 13.8. The first-order valence-corrected chi connectivity index (χ1v) is 9.76. The molecule has 1 N–H and O–H groups in total. The topological polar surface area (TPSA) is 55.4 Å². The van der Waals surface area contributed by atoms with Gasteiger partial charge in [0.05, 0.1) is 17.7 Å². The molecule has 142 valence electrons. The fourth-order valence-electron chi connectivity index (χ4n) is 3.14. The number of hydrogen-bond donors (Lipinski definition) is 1. The summed E-state index contributed by atoms with van der Waals surface area (Å²) < 4.78 is 18.7. The summed E-state index contributed by atoms with van der Waals surface area (Å²) in [6, 6.07) is 4.31. The fraction of sp³-hybridized carbons (Fsp3) is 0.300. The van der Waals surface area contributed by atoms with Gasteiger partial charge in [-0.3, -0.25) is 4.79 Å². The molecule has 27 heavy (non-hydrogen) atoms. The van der Waals surface area contributed by atoms with Crippen molar-refractivity contribution in [2.45, 2.75) is 26.2 Å². The number of hydrogen-bond acceptors (Lipinski definition) is 4. The Hall–Kier alpha value is -2.18. The summed E-state index contributed by atoms with van der Waals surface area (Å²) in [7, 11) is 1.32. The molecule has 0 spiro atoms. The van der Waals surface area contributed by atoms with Crippen LogP contribution in [0.4, 0.5) is 9.39 Å². The Morgan fingerprint density at radius 2 is 2.19 bits per heavy atom. The molecule has 4 nitrogen and oxygen atoms in total. The van der Waals surface area contributed by atoms with Crippen LogP contribution in [0, 0.1) is 11.7 Å². The normalized spacial score (nSPS) is 16.2. The number of anilines is 1. The monoisotopic (exact) mass is 407 g/mol. The van der Waals surface area contributed by atoms with Crippen LogP contribution in [0.2, 0.25) is 5.02 Å². The number of benzene rings is 1. The van der Waals surface area contributed by atoms with Crippen molar-refractivity contribution in [3.05, 3.63) is 56.7 Å². The second-order valence-corrected chi connectivity index (χ2v) is 8.02. The van der Waals surface area contributed by atoms with Crippen molar-refractivity contribution < 1.29 is 18.7 Å². The van der Waals surface area contributed by atoms with Gasteiger partial charge in [-0.25, -0.2) is 9.18 Å². The van der Waals surface area contributed by atoms with Gasteiger partial charge in [0.2, 0.25) is 5.91 Å². The molecule has 1 aliphatic rings. The van der Waals surface area contributed by atoms with Gasteiger partial charge in [0, 0.05) is 16.5 Å². The molecule has 1 atom stereocenters. The number of amides is 1. The Labute approximate surface area is 166 Å². The molecule has 1 aliphatic carbocycles. The Kier molecular flexibility index (Phi) is 5.97. The molecule has 1 unspecified atom stereocenters. The summed E-state index contributed by atoms with van der Waals surface area (Å²) in [6.07, 6.45) is 5.18. The molecule has 1 aromatic heterocycles. The van der Waals surface area contributed by atoms with Gasteiger partial charge in [0.15, 0.2) is 0 Å². The SMILES string of the molecule is COC(=O)c1c(NC(=O)/C=C/c2c(F)cccc2Cl)sc2c1CCC(C)C2. The molecule has 0 saturated heterocycles. The van der Waals surface area contributed by atoms with Gasteiger partial charge in [0.1, 0.15) is 10.8 Å². The quantitative estimate of drug-likeness (QED) is 0.566. The summed E-state index contributed by atoms with van der Waals surface area (Å²) in [5.74, 6) is -0.903. The highest BCUT2D eigenvalue weighted by Crippen LogP contribution is 2.40. The third-order valence-corrected chi connectivity index (χ3v) is 6.04. The third kappa shape index (κ3) is 4.22. The zero-order valence-corrected chi connectivity index (χ0v) is 16.5. The van der Waals surface area contributed by atoms with Crippen molar-refractivity contribution >= 4 is 45.9 Å². The summed E-state index contributed by atoms with van der Waals surface area (Å²) in [5.41, 5.74) is 1.53. The number of thiophene rings is 1. The number of esters is 1. The zero-order chi connectivity index (χ0) is 19.6. The van der Waals surface area contributed by atoms with Crippen LogP contribution in [0.1, 0.15) is 39.7 Å². The lowest BCUT2D eigenvalue weighted by Crippen LogP contribution is -2.14. The first-order valence-electron chi connectivity index (χ1n) is 8.56. The smallest absolute Gasteiger partial charge is 0.341 e.